The van der Waals surface area contributed by atoms with E-state index in [1.807, 2.05) is 17.8 Å². The number of thioether (sulfide) groups is 1. The van der Waals surface area contributed by atoms with Crippen molar-refractivity contribution in [3.63, 3.8) is 0 Å². The second-order valence-electron chi connectivity index (χ2n) is 4.72. The lowest BCUT2D eigenvalue weighted by atomic mass is 10.2. The minimum absolute atomic E-state index is 0. The van der Waals surface area contributed by atoms with E-state index in [4.69, 9.17) is 0 Å². The summed E-state index contributed by atoms with van der Waals surface area (Å²) in [6, 6.07) is 3.86. The van der Waals surface area contributed by atoms with E-state index in [0.717, 1.165) is 18.1 Å². The van der Waals surface area contributed by atoms with Crippen LogP contribution in [0.15, 0.2) is 31.0 Å². The normalized spacial score (nSPS) is 16.8. The van der Waals surface area contributed by atoms with Crippen LogP contribution in [0.2, 0.25) is 0 Å². The third kappa shape index (κ3) is 5.65. The number of hydrogen-bond donors (Lipinski definition) is 2. The molecular formula is C13H18Cl2N6OS. The van der Waals surface area contributed by atoms with Gasteiger partial charge in [-0.2, -0.15) is 16.9 Å². The first-order valence-electron chi connectivity index (χ1n) is 6.73. The average molecular weight is 377 g/mol. The molecule has 3 rings (SSSR count). The number of nitrogens with zero attached hydrogens (tertiary/aromatic N) is 4. The summed E-state index contributed by atoms with van der Waals surface area (Å²) in [6.45, 7) is 0.969. The first kappa shape index (κ1) is 19.7. The largest absolute Gasteiger partial charge is 0.325 e. The Morgan fingerprint density at radius 2 is 2.30 bits per heavy atom. The van der Waals surface area contributed by atoms with Gasteiger partial charge in [0.1, 0.15) is 12.7 Å². The lowest BCUT2D eigenvalue weighted by Gasteiger charge is -2.22. The molecule has 0 saturated carbocycles. The zero-order valence-corrected chi connectivity index (χ0v) is 14.7. The summed E-state index contributed by atoms with van der Waals surface area (Å²) >= 11 is 1.88. The number of halogens is 2. The van der Waals surface area contributed by atoms with Crippen LogP contribution in [0.25, 0.3) is 5.82 Å². The van der Waals surface area contributed by atoms with Crippen molar-refractivity contribution in [2.24, 2.45) is 0 Å². The maximum atomic E-state index is 12.0. The van der Waals surface area contributed by atoms with Crippen LogP contribution in [0, 0.1) is 0 Å². The monoisotopic (exact) mass is 376 g/mol. The summed E-state index contributed by atoms with van der Waals surface area (Å²) in [5.41, 5.74) is 0.687. The van der Waals surface area contributed by atoms with E-state index < -0.39 is 0 Å². The highest BCUT2D eigenvalue weighted by atomic mass is 35.5. The summed E-state index contributed by atoms with van der Waals surface area (Å²) in [6.07, 6.45) is 5.13. The molecule has 1 atom stereocenters. The van der Waals surface area contributed by atoms with E-state index in [0.29, 0.717) is 17.9 Å². The summed E-state index contributed by atoms with van der Waals surface area (Å²) < 4.78 is 1.56. The summed E-state index contributed by atoms with van der Waals surface area (Å²) in [7, 11) is 0. The van der Waals surface area contributed by atoms with E-state index in [9.17, 15) is 4.79 Å². The molecule has 0 bridgehead atoms. The summed E-state index contributed by atoms with van der Waals surface area (Å²) in [4.78, 5) is 20.1. The molecule has 2 N–H and O–H groups in total. The van der Waals surface area contributed by atoms with Crippen LogP contribution in [0.5, 0.6) is 0 Å². The molecule has 10 heteroatoms. The van der Waals surface area contributed by atoms with Crippen LogP contribution < -0.4 is 10.6 Å². The molecule has 23 heavy (non-hydrogen) atoms. The number of carbonyl (C=O) groups is 1. The fourth-order valence-electron chi connectivity index (χ4n) is 2.11. The number of aromatic nitrogens is 4. The Hall–Kier alpha value is -1.35. The lowest BCUT2D eigenvalue weighted by molar-refractivity contribution is -0.116. The number of rotatable bonds is 4. The summed E-state index contributed by atoms with van der Waals surface area (Å²) in [5.74, 6) is 2.77. The van der Waals surface area contributed by atoms with Gasteiger partial charge >= 0.3 is 0 Å². The van der Waals surface area contributed by atoms with Crippen molar-refractivity contribution in [1.82, 2.24) is 25.1 Å². The van der Waals surface area contributed by atoms with Gasteiger partial charge in [0.2, 0.25) is 5.91 Å². The Balaban J connectivity index is 0.00000132. The van der Waals surface area contributed by atoms with Gasteiger partial charge in [0, 0.05) is 30.5 Å². The predicted octanol–water partition coefficient (Wildman–Crippen LogP) is 1.54. The number of pyridine rings is 1. The van der Waals surface area contributed by atoms with Gasteiger partial charge < -0.3 is 10.6 Å². The Kier molecular flexibility index (Phi) is 8.32. The van der Waals surface area contributed by atoms with Gasteiger partial charge in [-0.25, -0.2) is 14.6 Å². The number of nitrogens with one attached hydrogen (secondary N) is 2. The van der Waals surface area contributed by atoms with Crippen molar-refractivity contribution in [3.8, 4) is 5.82 Å². The molecule has 1 saturated heterocycles. The number of amides is 1. The Morgan fingerprint density at radius 3 is 2.91 bits per heavy atom. The van der Waals surface area contributed by atoms with E-state index in [2.05, 4.69) is 25.7 Å². The zero-order chi connectivity index (χ0) is 14.5. The molecule has 0 spiro atoms. The fourth-order valence-corrected chi connectivity index (χ4v) is 3.06. The molecule has 126 valence electrons. The third-order valence-corrected chi connectivity index (χ3v) is 4.25. The van der Waals surface area contributed by atoms with Gasteiger partial charge in [0.15, 0.2) is 5.82 Å². The Morgan fingerprint density at radius 1 is 1.43 bits per heavy atom. The maximum absolute atomic E-state index is 12.0. The maximum Gasteiger partial charge on any atom is 0.226 e. The molecule has 1 aliphatic heterocycles. The van der Waals surface area contributed by atoms with Crippen LogP contribution in [-0.4, -0.2) is 49.7 Å². The molecule has 7 nitrogen and oxygen atoms in total. The molecule has 0 radical (unpaired) electrons. The highest BCUT2D eigenvalue weighted by molar-refractivity contribution is 7.99. The zero-order valence-electron chi connectivity index (χ0n) is 12.2. The first-order valence-corrected chi connectivity index (χ1v) is 7.89. The molecule has 1 amide bonds. The van der Waals surface area contributed by atoms with Gasteiger partial charge in [0.05, 0.1) is 11.9 Å². The van der Waals surface area contributed by atoms with Gasteiger partial charge in [-0.3, -0.25) is 4.79 Å². The molecule has 1 aliphatic rings. The number of anilines is 1. The second-order valence-corrected chi connectivity index (χ2v) is 5.87. The smallest absolute Gasteiger partial charge is 0.226 e. The van der Waals surface area contributed by atoms with Crippen LogP contribution >= 0.6 is 36.6 Å². The van der Waals surface area contributed by atoms with Crippen molar-refractivity contribution in [2.75, 3.05) is 23.4 Å². The molecular weight excluding hydrogens is 359 g/mol. The number of hydrogen-bond acceptors (Lipinski definition) is 6. The van der Waals surface area contributed by atoms with Gasteiger partial charge in [-0.15, -0.1) is 24.8 Å². The Labute approximate surface area is 150 Å². The van der Waals surface area contributed by atoms with Crippen LogP contribution in [-0.2, 0) is 4.79 Å². The van der Waals surface area contributed by atoms with Crippen LogP contribution in [0.4, 0.5) is 5.69 Å². The molecule has 0 aromatic carbocycles. The van der Waals surface area contributed by atoms with Gasteiger partial charge in [0.25, 0.3) is 0 Å². The van der Waals surface area contributed by atoms with E-state index >= 15 is 0 Å². The van der Waals surface area contributed by atoms with E-state index in [1.165, 1.54) is 6.33 Å². The third-order valence-electron chi connectivity index (χ3n) is 3.12. The van der Waals surface area contributed by atoms with E-state index in [1.54, 1.807) is 23.3 Å². The standard InChI is InChI=1S/C13H16N6OS.2ClH/c20-13(5-11-7-21-4-3-15-11)18-10-1-2-12(16-6-10)19-9-14-8-17-19;;/h1-2,6,8-9,11,15H,3-5,7H2,(H,18,20);2*1H. The number of carbonyl (C=O) groups excluding carboxylic acids is 1. The van der Waals surface area contributed by atoms with Crippen molar-refractivity contribution < 1.29 is 4.79 Å². The van der Waals surface area contributed by atoms with Crippen LogP contribution in [0.1, 0.15) is 6.42 Å². The minimum Gasteiger partial charge on any atom is -0.325 e. The van der Waals surface area contributed by atoms with Crippen molar-refractivity contribution in [2.45, 2.75) is 12.5 Å². The Bertz CT molecular complexity index is 589. The first-order chi connectivity index (χ1) is 10.3. The average Bonchev–Trinajstić information content (AvgIpc) is 3.03. The highest BCUT2D eigenvalue weighted by Crippen LogP contribution is 2.12. The topological polar surface area (TPSA) is 84.7 Å². The van der Waals surface area contributed by atoms with Crippen LogP contribution in [0.3, 0.4) is 0 Å². The summed E-state index contributed by atoms with van der Waals surface area (Å²) in [5, 5.41) is 10.2. The van der Waals surface area contributed by atoms with Crippen molar-refractivity contribution in [1.29, 1.82) is 0 Å². The van der Waals surface area contributed by atoms with Crippen molar-refractivity contribution >= 4 is 48.2 Å². The fraction of sp³-hybridized carbons (Fsp3) is 0.385. The molecule has 2 aromatic heterocycles. The quantitative estimate of drug-likeness (QED) is 0.841. The molecule has 1 fully saturated rings. The molecule has 0 aliphatic carbocycles. The second kappa shape index (κ2) is 9.71. The van der Waals surface area contributed by atoms with Gasteiger partial charge in [-0.05, 0) is 12.1 Å². The van der Waals surface area contributed by atoms with Crippen molar-refractivity contribution in [3.05, 3.63) is 31.0 Å². The van der Waals surface area contributed by atoms with E-state index in [-0.39, 0.29) is 36.8 Å². The lowest BCUT2D eigenvalue weighted by Crippen LogP contribution is -2.39. The molecule has 1 unspecified atom stereocenters. The highest BCUT2D eigenvalue weighted by Gasteiger charge is 2.16. The minimum atomic E-state index is 0. The molecule has 2 aromatic rings. The van der Waals surface area contributed by atoms with Gasteiger partial charge in [-0.1, -0.05) is 0 Å². The molecule has 3 heterocycles. The predicted molar refractivity (Wildman–Crippen MR) is 96.0 cm³/mol. The SMILES string of the molecule is Cl.Cl.O=C(CC1CSCCN1)Nc1ccc(-n2cncn2)nc1.